The van der Waals surface area contributed by atoms with Gasteiger partial charge in [-0.3, -0.25) is 5.32 Å². The summed E-state index contributed by atoms with van der Waals surface area (Å²) in [5.41, 5.74) is 0. The number of dihydropyridines is 1. The van der Waals surface area contributed by atoms with Gasteiger partial charge in [0.25, 0.3) is 0 Å². The molecule has 0 fully saturated rings. The van der Waals surface area contributed by atoms with Crippen molar-refractivity contribution in [3.05, 3.63) is 30.3 Å². The highest BCUT2D eigenvalue weighted by atomic mass is 19.1. The van der Waals surface area contributed by atoms with Crippen LogP contribution in [-0.2, 0) is 0 Å². The monoisotopic (exact) mass is 127 g/mol. The molecule has 1 rings (SSSR count). The van der Waals surface area contributed by atoms with Gasteiger partial charge in [-0.1, -0.05) is 0 Å². The Morgan fingerprint density at radius 1 is 1.67 bits per heavy atom. The molecule has 0 atom stereocenters. The first-order valence-electron chi connectivity index (χ1n) is 2.68. The van der Waals surface area contributed by atoms with Crippen molar-refractivity contribution in [2.45, 2.75) is 0 Å². The van der Waals surface area contributed by atoms with Crippen LogP contribution < -0.4 is 10.6 Å². The molecule has 0 spiro atoms. The first-order chi connectivity index (χ1) is 4.34. The normalized spacial score (nSPS) is 19.1. The van der Waals surface area contributed by atoms with Crippen molar-refractivity contribution < 1.29 is 4.39 Å². The molecule has 1 radical (unpaired) electrons. The third-order valence-corrected chi connectivity index (χ3v) is 1.06. The smallest absolute Gasteiger partial charge is 0.185 e. The molecular formula is C6H8FN2. The second-order valence-corrected chi connectivity index (χ2v) is 1.64. The van der Waals surface area contributed by atoms with Gasteiger partial charge in [-0.25, -0.2) is 4.39 Å². The standard InChI is InChI=1S/C6H8FN2/c1-8-6-5(7)3-2-4-9-6/h2-4,8-9H,1H3. The summed E-state index contributed by atoms with van der Waals surface area (Å²) >= 11 is 0. The lowest BCUT2D eigenvalue weighted by atomic mass is 10.3. The van der Waals surface area contributed by atoms with Crippen LogP contribution in [0.15, 0.2) is 24.2 Å². The van der Waals surface area contributed by atoms with E-state index in [1.807, 2.05) is 0 Å². The second kappa shape index (κ2) is 2.64. The van der Waals surface area contributed by atoms with E-state index in [0.717, 1.165) is 0 Å². The van der Waals surface area contributed by atoms with Crippen LogP contribution in [0, 0.1) is 6.17 Å². The van der Waals surface area contributed by atoms with Crippen LogP contribution >= 0.6 is 0 Å². The van der Waals surface area contributed by atoms with Crippen LogP contribution in [0.2, 0.25) is 0 Å². The Kier molecular flexibility index (Phi) is 1.85. The SMILES string of the molecule is CN[C]1NC=CC=C1F. The van der Waals surface area contributed by atoms with Crippen molar-refractivity contribution >= 4 is 0 Å². The van der Waals surface area contributed by atoms with Crippen LogP contribution in [0.4, 0.5) is 4.39 Å². The molecule has 2 nitrogen and oxygen atoms in total. The Hall–Kier alpha value is -0.830. The molecular weight excluding hydrogens is 119 g/mol. The van der Waals surface area contributed by atoms with Crippen LogP contribution in [0.5, 0.6) is 0 Å². The average Bonchev–Trinajstić information content (AvgIpc) is 1.89. The molecule has 2 N–H and O–H groups in total. The first-order valence-corrected chi connectivity index (χ1v) is 2.68. The highest BCUT2D eigenvalue weighted by molar-refractivity contribution is 5.25. The fourth-order valence-electron chi connectivity index (χ4n) is 0.608. The molecule has 0 aromatic rings. The molecule has 9 heavy (non-hydrogen) atoms. The summed E-state index contributed by atoms with van der Waals surface area (Å²) in [6.45, 7) is 0. The van der Waals surface area contributed by atoms with Gasteiger partial charge >= 0.3 is 0 Å². The van der Waals surface area contributed by atoms with Gasteiger partial charge in [0.1, 0.15) is 5.83 Å². The highest BCUT2D eigenvalue weighted by Gasteiger charge is 2.11. The van der Waals surface area contributed by atoms with Crippen molar-refractivity contribution in [2.75, 3.05) is 7.05 Å². The van der Waals surface area contributed by atoms with E-state index in [2.05, 4.69) is 10.6 Å². The molecule has 0 aliphatic carbocycles. The summed E-state index contributed by atoms with van der Waals surface area (Å²) in [6, 6.07) is 0. The number of hydrogen-bond acceptors (Lipinski definition) is 2. The third-order valence-electron chi connectivity index (χ3n) is 1.06. The summed E-state index contributed by atoms with van der Waals surface area (Å²) in [7, 11) is 1.66. The van der Waals surface area contributed by atoms with Crippen LogP contribution in [0.25, 0.3) is 0 Å². The Morgan fingerprint density at radius 2 is 2.44 bits per heavy atom. The maximum absolute atomic E-state index is 12.5. The summed E-state index contributed by atoms with van der Waals surface area (Å²) in [4.78, 5) is 0. The van der Waals surface area contributed by atoms with Crippen LogP contribution in [-0.4, -0.2) is 7.05 Å². The predicted molar refractivity (Wildman–Crippen MR) is 33.8 cm³/mol. The van der Waals surface area contributed by atoms with Gasteiger partial charge in [-0.05, 0) is 25.4 Å². The Bertz CT molecular complexity index is 151. The lowest BCUT2D eigenvalue weighted by Gasteiger charge is -2.14. The zero-order chi connectivity index (χ0) is 6.69. The van der Waals surface area contributed by atoms with Gasteiger partial charge < -0.3 is 5.32 Å². The Balaban J connectivity index is 2.59. The largest absolute Gasteiger partial charge is 0.364 e. The quantitative estimate of drug-likeness (QED) is 0.541. The van der Waals surface area contributed by atoms with Crippen molar-refractivity contribution in [3.63, 3.8) is 0 Å². The van der Waals surface area contributed by atoms with E-state index in [1.54, 1.807) is 19.3 Å². The van der Waals surface area contributed by atoms with E-state index in [4.69, 9.17) is 0 Å². The maximum atomic E-state index is 12.5. The molecule has 0 aromatic heterocycles. The summed E-state index contributed by atoms with van der Waals surface area (Å²) in [6.07, 6.45) is 5.07. The number of halogens is 1. The second-order valence-electron chi connectivity index (χ2n) is 1.64. The van der Waals surface area contributed by atoms with Crippen molar-refractivity contribution in [1.82, 2.24) is 10.6 Å². The van der Waals surface area contributed by atoms with Gasteiger partial charge in [0.05, 0.1) is 0 Å². The fraction of sp³-hybridized carbons (Fsp3) is 0.167. The van der Waals surface area contributed by atoms with E-state index in [1.165, 1.54) is 6.08 Å². The summed E-state index contributed by atoms with van der Waals surface area (Å²) in [5, 5.41) is 5.36. The molecule has 0 saturated carbocycles. The molecule has 0 unspecified atom stereocenters. The topological polar surface area (TPSA) is 24.1 Å². The molecule has 3 heteroatoms. The van der Waals surface area contributed by atoms with Gasteiger partial charge in [0.15, 0.2) is 6.17 Å². The van der Waals surface area contributed by atoms with Gasteiger partial charge in [0, 0.05) is 0 Å². The molecule has 1 aliphatic heterocycles. The predicted octanol–water partition coefficient (Wildman–Crippen LogP) is 0.666. The molecule has 0 bridgehead atoms. The number of hydrogen-bond donors (Lipinski definition) is 2. The zero-order valence-corrected chi connectivity index (χ0v) is 5.11. The van der Waals surface area contributed by atoms with Crippen molar-refractivity contribution in [3.8, 4) is 0 Å². The van der Waals surface area contributed by atoms with Crippen LogP contribution in [0.1, 0.15) is 0 Å². The van der Waals surface area contributed by atoms with E-state index < -0.39 is 0 Å². The molecule has 49 valence electrons. The minimum absolute atomic E-state index is 0.264. The minimum Gasteiger partial charge on any atom is -0.364 e. The lowest BCUT2D eigenvalue weighted by molar-refractivity contribution is 0.549. The van der Waals surface area contributed by atoms with Gasteiger partial charge in [0.2, 0.25) is 0 Å². The summed E-state index contributed by atoms with van der Waals surface area (Å²) in [5.74, 6) is -0.264. The maximum Gasteiger partial charge on any atom is 0.185 e. The lowest BCUT2D eigenvalue weighted by Crippen LogP contribution is -2.29. The number of allylic oxidation sites excluding steroid dienone is 2. The third kappa shape index (κ3) is 1.29. The number of rotatable bonds is 1. The molecule has 0 aromatic carbocycles. The van der Waals surface area contributed by atoms with Gasteiger partial charge in [-0.15, -0.1) is 0 Å². The van der Waals surface area contributed by atoms with E-state index in [-0.39, 0.29) is 5.83 Å². The Labute approximate surface area is 53.4 Å². The highest BCUT2D eigenvalue weighted by Crippen LogP contribution is 2.10. The van der Waals surface area contributed by atoms with Crippen molar-refractivity contribution in [1.29, 1.82) is 0 Å². The molecule has 1 aliphatic rings. The Morgan fingerprint density at radius 3 is 2.89 bits per heavy atom. The van der Waals surface area contributed by atoms with Gasteiger partial charge in [-0.2, -0.15) is 0 Å². The van der Waals surface area contributed by atoms with Crippen molar-refractivity contribution in [2.24, 2.45) is 0 Å². The number of nitrogens with one attached hydrogen (secondary N) is 2. The molecule has 1 heterocycles. The fourth-order valence-corrected chi connectivity index (χ4v) is 0.608. The zero-order valence-electron chi connectivity index (χ0n) is 5.11. The first kappa shape index (κ1) is 6.29. The molecule has 0 saturated heterocycles. The average molecular weight is 127 g/mol. The summed E-state index contributed by atoms with van der Waals surface area (Å²) < 4.78 is 12.5. The molecule has 0 amide bonds. The number of likely N-dealkylation sites (N-methyl/N-ethyl adjacent to an activating group) is 1. The van der Waals surface area contributed by atoms with Crippen LogP contribution in [0.3, 0.4) is 0 Å². The minimum atomic E-state index is -0.264. The van der Waals surface area contributed by atoms with E-state index >= 15 is 0 Å². The van der Waals surface area contributed by atoms with E-state index in [0.29, 0.717) is 6.17 Å². The van der Waals surface area contributed by atoms with E-state index in [9.17, 15) is 4.39 Å².